The first-order valence-corrected chi connectivity index (χ1v) is 46.0. The number of para-hydroxylation sites is 1. The minimum absolute atomic E-state index is 0.0539. The molecular formula is C110H68Cl4N12OS3. The van der Waals surface area contributed by atoms with Gasteiger partial charge in [-0.2, -0.15) is 39.9 Å². The van der Waals surface area contributed by atoms with Crippen molar-refractivity contribution in [2.24, 2.45) is 0 Å². The summed E-state index contributed by atoms with van der Waals surface area (Å²) in [5.41, 5.74) is 21.5. The van der Waals surface area contributed by atoms with Gasteiger partial charge in [-0.25, -0.2) is 19.9 Å². The molecule has 0 atom stereocenters. The van der Waals surface area contributed by atoms with E-state index in [1.54, 1.807) is 34.9 Å². The van der Waals surface area contributed by atoms with E-state index in [4.69, 9.17) is 60.8 Å². The lowest BCUT2D eigenvalue weighted by molar-refractivity contribution is 0.607. The number of rotatable bonds is 9. The Morgan fingerprint density at radius 2 is 0.600 bits per heavy atom. The van der Waals surface area contributed by atoms with Crippen LogP contribution in [0.1, 0.15) is 47.2 Å². The largest absolute Gasteiger partial charge is 0.456 e. The van der Waals surface area contributed by atoms with Crippen molar-refractivity contribution < 1.29 is 4.42 Å². The third kappa shape index (κ3) is 15.3. The zero-order valence-corrected chi connectivity index (χ0v) is 74.8. The van der Waals surface area contributed by atoms with Crippen molar-refractivity contribution in [3.8, 4) is 113 Å². The zero-order valence-electron chi connectivity index (χ0n) is 69.3. The summed E-state index contributed by atoms with van der Waals surface area (Å²) in [6.07, 6.45) is 0. The monoisotopic (exact) mass is 1810 g/mol. The van der Waals surface area contributed by atoms with Gasteiger partial charge in [-0.05, 0) is 180 Å². The fourth-order valence-electron chi connectivity index (χ4n) is 17.9. The summed E-state index contributed by atoms with van der Waals surface area (Å²) in [7, 11) is 0. The van der Waals surface area contributed by atoms with Crippen molar-refractivity contribution in [2.75, 3.05) is 0 Å². The van der Waals surface area contributed by atoms with Gasteiger partial charge >= 0.3 is 0 Å². The maximum atomic E-state index is 6.40. The fraction of sp³-hybridized carbons (Fsp3) is 0.0364. The van der Waals surface area contributed by atoms with Gasteiger partial charge in [0.1, 0.15) is 11.2 Å². The molecule has 0 bridgehead atoms. The molecule has 20 heteroatoms. The zero-order chi connectivity index (χ0) is 87.6. The summed E-state index contributed by atoms with van der Waals surface area (Å²) in [5, 5.41) is 7.64. The molecule has 0 N–H and O–H groups in total. The molecule has 0 saturated carbocycles. The van der Waals surface area contributed by atoms with Crippen LogP contribution in [0.2, 0.25) is 21.1 Å². The average molecular weight is 1810 g/mol. The van der Waals surface area contributed by atoms with E-state index in [1.807, 2.05) is 158 Å². The molecule has 620 valence electrons. The highest BCUT2D eigenvalue weighted by atomic mass is 35.5. The van der Waals surface area contributed by atoms with Gasteiger partial charge in [0.15, 0.2) is 46.6 Å². The molecule has 16 aromatic carbocycles. The minimum Gasteiger partial charge on any atom is -0.456 e. The van der Waals surface area contributed by atoms with Gasteiger partial charge < -0.3 is 4.42 Å². The molecule has 0 unspecified atom stereocenters. The van der Waals surface area contributed by atoms with E-state index in [2.05, 4.69) is 282 Å². The van der Waals surface area contributed by atoms with Crippen LogP contribution < -0.4 is 0 Å². The van der Waals surface area contributed by atoms with Crippen molar-refractivity contribution in [1.82, 2.24) is 59.8 Å². The Balaban J connectivity index is 0.000000102. The first-order valence-electron chi connectivity index (χ1n) is 42.1. The quantitative estimate of drug-likeness (QED) is 0.134. The number of benzene rings is 16. The molecule has 0 saturated heterocycles. The number of nitrogens with zero attached hydrogens (tertiary/aromatic N) is 12. The van der Waals surface area contributed by atoms with Crippen molar-refractivity contribution in [1.29, 1.82) is 0 Å². The second-order valence-corrected chi connectivity index (χ2v) is 36.5. The average Bonchev–Trinajstić information content (AvgIpc) is 1.51. The van der Waals surface area contributed by atoms with Gasteiger partial charge in [0.05, 0.1) is 5.41 Å². The fourth-order valence-corrected chi connectivity index (χ4v) is 22.3. The summed E-state index contributed by atoms with van der Waals surface area (Å²) in [5.74, 6) is 4.55. The second kappa shape index (κ2) is 34.4. The van der Waals surface area contributed by atoms with E-state index in [0.717, 1.165) is 77.2 Å². The Bertz CT molecular complexity index is 8130. The summed E-state index contributed by atoms with van der Waals surface area (Å²) in [6, 6.07) is 129. The van der Waals surface area contributed by atoms with E-state index in [9.17, 15) is 0 Å². The smallest absolute Gasteiger partial charge is 0.226 e. The van der Waals surface area contributed by atoms with E-state index in [-0.39, 0.29) is 26.5 Å². The van der Waals surface area contributed by atoms with Crippen LogP contribution in [0.4, 0.5) is 0 Å². The normalized spacial score (nSPS) is 12.8. The standard InChI is InChI=1S/C34H20ClN3S.C27H16ClN3S.C25H14ClN3O.C24H18ClN3S/c35-33-37-31(21-10-2-1-3-11-21)36-32(38-33)22-18-19-28-30(20-22)39-29-17-9-8-16-27(29)34(28)25-14-6-4-12-23(25)24-13-5-7-15-26(24)34;28-27-30-25(18-10-5-2-6-11-18)29-26(31-27)19-14-15-22-21(16-19)24-20(12-7-13-23(24)32-22)17-8-3-1-4-9-17;26-25-28-23(15-6-2-1-3-7-15)27-24(29-25)17-10-12-18-16(14-17)11-13-21-22(18)19-8-4-5-9-20(19)30-21;1-24(2)17-10-6-7-11-19(17)29-20-14-16(12-13-18(20)24)22-26-21(27-23(25)28-22)15-8-4-3-5-9-15/h1-20H;1-16H;1-14H;3-14H,1-2H3. The first kappa shape index (κ1) is 81.5. The van der Waals surface area contributed by atoms with Gasteiger partial charge in [-0.1, -0.05) is 347 Å². The number of thiophene rings is 1. The summed E-state index contributed by atoms with van der Waals surface area (Å²) in [4.78, 5) is 58.9. The van der Waals surface area contributed by atoms with Gasteiger partial charge in [0, 0.05) is 100 Å². The van der Waals surface area contributed by atoms with E-state index >= 15 is 0 Å². The highest BCUT2D eigenvalue weighted by Crippen LogP contribution is 2.63. The van der Waals surface area contributed by atoms with Gasteiger partial charge in [-0.3, -0.25) is 0 Å². The number of fused-ring (bicyclic) bond motifs is 19. The number of aromatic nitrogens is 12. The Morgan fingerprint density at radius 3 is 1.12 bits per heavy atom. The van der Waals surface area contributed by atoms with Crippen molar-refractivity contribution in [3.05, 3.63) is 431 Å². The van der Waals surface area contributed by atoms with Gasteiger partial charge in [0.25, 0.3) is 0 Å². The molecule has 8 heterocycles. The maximum absolute atomic E-state index is 6.40. The molecular weight excluding hydrogens is 1740 g/mol. The number of halogens is 4. The molecule has 1 aliphatic carbocycles. The predicted octanol–water partition coefficient (Wildman–Crippen LogP) is 30.1. The molecule has 6 aromatic heterocycles. The molecule has 1 spiro atoms. The van der Waals surface area contributed by atoms with Gasteiger partial charge in [-0.15, -0.1) is 11.3 Å². The van der Waals surface area contributed by atoms with Crippen LogP contribution in [0.25, 0.3) is 166 Å². The Hall–Kier alpha value is -14.3. The third-order valence-corrected chi connectivity index (χ3v) is 27.9. The molecule has 0 amide bonds. The third-order valence-electron chi connectivity index (χ3n) is 23.8. The van der Waals surface area contributed by atoms with E-state index in [1.165, 1.54) is 95.4 Å². The van der Waals surface area contributed by atoms with E-state index in [0.29, 0.717) is 46.6 Å². The second-order valence-electron chi connectivity index (χ2n) is 31.9. The molecule has 25 rings (SSSR count). The maximum Gasteiger partial charge on any atom is 0.226 e. The van der Waals surface area contributed by atoms with Crippen LogP contribution in [0, 0.1) is 0 Å². The van der Waals surface area contributed by atoms with Crippen LogP contribution >= 0.6 is 81.3 Å². The highest BCUT2D eigenvalue weighted by molar-refractivity contribution is 7.99. The van der Waals surface area contributed by atoms with Crippen LogP contribution in [-0.4, -0.2) is 59.8 Å². The SMILES string of the molecule is CC1(C)c2ccccc2Sc2cc(-c3nc(Cl)nc(-c4ccccc4)n3)ccc21.Clc1nc(-c2ccccc2)nc(-c2ccc3c(c2)Sc2ccccc2C32c3ccccc3-c3ccccc32)n1.Clc1nc(-c2ccccc2)nc(-c2ccc3c(ccc4oc5ccccc5c43)c2)n1.Clc1nc(-c2ccccc2)nc(-c2ccc3sc4cccc(-c5ccccc5)c4c3c2)n1. The number of furan rings is 1. The molecule has 3 aliphatic rings. The lowest BCUT2D eigenvalue weighted by atomic mass is 9.67. The van der Waals surface area contributed by atoms with E-state index < -0.39 is 5.41 Å². The van der Waals surface area contributed by atoms with Crippen molar-refractivity contribution in [3.63, 3.8) is 0 Å². The summed E-state index contributed by atoms with van der Waals surface area (Å²) < 4.78 is 8.50. The van der Waals surface area contributed by atoms with Crippen molar-refractivity contribution in [2.45, 2.75) is 44.3 Å². The van der Waals surface area contributed by atoms with Crippen LogP contribution in [-0.2, 0) is 10.8 Å². The minimum atomic E-state index is -0.394. The number of hydrogen-bond acceptors (Lipinski definition) is 16. The number of hydrogen-bond donors (Lipinski definition) is 0. The molecule has 130 heavy (non-hydrogen) atoms. The predicted molar refractivity (Wildman–Crippen MR) is 530 cm³/mol. The molecule has 0 fully saturated rings. The Morgan fingerprint density at radius 1 is 0.231 bits per heavy atom. The molecule has 0 radical (unpaired) electrons. The molecule has 22 aromatic rings. The lowest BCUT2D eigenvalue weighted by Gasteiger charge is -2.39. The van der Waals surface area contributed by atoms with Crippen LogP contribution in [0.15, 0.2) is 400 Å². The first-order chi connectivity index (χ1) is 63.8. The lowest BCUT2D eigenvalue weighted by Crippen LogP contribution is -2.31. The Labute approximate surface area is 780 Å². The van der Waals surface area contributed by atoms with Crippen LogP contribution in [0.5, 0.6) is 0 Å². The van der Waals surface area contributed by atoms with Crippen LogP contribution in [0.3, 0.4) is 0 Å². The highest BCUT2D eigenvalue weighted by Gasteiger charge is 2.50. The summed E-state index contributed by atoms with van der Waals surface area (Å²) >= 11 is 30.5. The summed E-state index contributed by atoms with van der Waals surface area (Å²) in [6.45, 7) is 4.55. The molecule has 13 nitrogen and oxygen atoms in total. The Kier molecular flexibility index (Phi) is 21.5. The topological polar surface area (TPSA) is 168 Å². The van der Waals surface area contributed by atoms with Gasteiger partial charge in [0.2, 0.25) is 21.1 Å². The van der Waals surface area contributed by atoms with Crippen molar-refractivity contribution >= 4 is 134 Å². The molecule has 2 aliphatic heterocycles.